The molecule has 3 aromatic carbocycles. The fourth-order valence-corrected chi connectivity index (χ4v) is 3.83. The van der Waals surface area contributed by atoms with E-state index in [1.54, 1.807) is 6.20 Å². The Balaban J connectivity index is 1.60. The highest BCUT2D eigenvalue weighted by Crippen LogP contribution is 2.25. The highest BCUT2D eigenvalue weighted by Gasteiger charge is 2.18. The Hall–Kier alpha value is -2.98. The fourth-order valence-electron chi connectivity index (χ4n) is 3.83. The molecule has 29 heavy (non-hydrogen) atoms. The van der Waals surface area contributed by atoms with Crippen molar-refractivity contribution in [3.63, 3.8) is 0 Å². The number of nitrogens with one attached hydrogen (secondary N) is 1. The first kappa shape index (κ1) is 19.3. The summed E-state index contributed by atoms with van der Waals surface area (Å²) in [6.45, 7) is 3.78. The van der Waals surface area contributed by atoms with Crippen LogP contribution in [-0.4, -0.2) is 15.9 Å². The molecule has 0 amide bonds. The molecular formula is C25H24F2N2. The summed E-state index contributed by atoms with van der Waals surface area (Å²) in [5.41, 5.74) is 3.78. The van der Waals surface area contributed by atoms with Gasteiger partial charge >= 0.3 is 0 Å². The normalized spacial score (nSPS) is 12.6. The van der Waals surface area contributed by atoms with Gasteiger partial charge in [0.1, 0.15) is 11.6 Å². The van der Waals surface area contributed by atoms with Crippen molar-refractivity contribution in [2.24, 2.45) is 0 Å². The molecule has 0 saturated heterocycles. The van der Waals surface area contributed by atoms with Gasteiger partial charge < -0.3 is 4.98 Å². The molecule has 1 atom stereocenters. The van der Waals surface area contributed by atoms with E-state index in [0.717, 1.165) is 24.7 Å². The van der Waals surface area contributed by atoms with Gasteiger partial charge in [-0.2, -0.15) is 0 Å². The zero-order valence-electron chi connectivity index (χ0n) is 16.4. The maximum Gasteiger partial charge on any atom is 0.150 e. The molecule has 4 aromatic rings. The fraction of sp³-hybridized carbons (Fsp3) is 0.200. The molecule has 1 heterocycles. The molecule has 0 aliphatic carbocycles. The highest BCUT2D eigenvalue weighted by molar-refractivity contribution is 5.83. The maximum absolute atomic E-state index is 14.0. The van der Waals surface area contributed by atoms with Gasteiger partial charge in [0.05, 0.1) is 5.52 Å². The molecule has 0 fully saturated rings. The van der Waals surface area contributed by atoms with Crippen molar-refractivity contribution in [1.82, 2.24) is 9.88 Å². The van der Waals surface area contributed by atoms with Crippen molar-refractivity contribution in [1.29, 1.82) is 0 Å². The highest BCUT2D eigenvalue weighted by atomic mass is 19.1. The minimum Gasteiger partial charge on any atom is -0.359 e. The zero-order chi connectivity index (χ0) is 20.2. The Morgan fingerprint density at radius 2 is 1.45 bits per heavy atom. The quantitative estimate of drug-likeness (QED) is 0.405. The first-order valence-electron chi connectivity index (χ1n) is 9.87. The number of benzene rings is 3. The molecule has 0 unspecified atom stereocenters. The standard InChI is InChI=1S/C25H24F2N2/c1-18(12-21-15-28-25-23(21)13-22(26)14-24(25)27)29(16-19-8-4-2-5-9-19)17-20-10-6-3-7-11-20/h2-11,13-15,18,28H,12,16-17H2,1H3/t18-/m0/s1. The Morgan fingerprint density at radius 1 is 0.862 bits per heavy atom. The number of fused-ring (bicyclic) bond motifs is 1. The molecule has 148 valence electrons. The molecule has 4 rings (SSSR count). The molecular weight excluding hydrogens is 366 g/mol. The Morgan fingerprint density at radius 3 is 2.03 bits per heavy atom. The predicted molar refractivity (Wildman–Crippen MR) is 114 cm³/mol. The van der Waals surface area contributed by atoms with E-state index in [9.17, 15) is 8.78 Å². The van der Waals surface area contributed by atoms with Crippen LogP contribution in [0.2, 0.25) is 0 Å². The van der Waals surface area contributed by atoms with Gasteiger partial charge in [-0.05, 0) is 36.1 Å². The number of aromatic amines is 1. The van der Waals surface area contributed by atoms with E-state index in [-0.39, 0.29) is 6.04 Å². The van der Waals surface area contributed by atoms with Gasteiger partial charge in [-0.15, -0.1) is 0 Å². The van der Waals surface area contributed by atoms with Crippen LogP contribution < -0.4 is 0 Å². The van der Waals surface area contributed by atoms with Gasteiger partial charge in [0, 0.05) is 36.8 Å². The topological polar surface area (TPSA) is 19.0 Å². The third-order valence-electron chi connectivity index (χ3n) is 5.39. The van der Waals surface area contributed by atoms with Gasteiger partial charge in [0.15, 0.2) is 0 Å². The van der Waals surface area contributed by atoms with Crippen LogP contribution >= 0.6 is 0 Å². The van der Waals surface area contributed by atoms with E-state index in [0.29, 0.717) is 17.3 Å². The number of nitrogens with zero attached hydrogens (tertiary/aromatic N) is 1. The Labute approximate surface area is 169 Å². The summed E-state index contributed by atoms with van der Waals surface area (Å²) in [6.07, 6.45) is 2.50. The van der Waals surface area contributed by atoms with E-state index < -0.39 is 11.6 Å². The van der Waals surface area contributed by atoms with Crippen molar-refractivity contribution in [3.05, 3.63) is 107 Å². The van der Waals surface area contributed by atoms with Gasteiger partial charge in [-0.25, -0.2) is 8.78 Å². The van der Waals surface area contributed by atoms with E-state index in [4.69, 9.17) is 0 Å². The third-order valence-corrected chi connectivity index (χ3v) is 5.39. The molecule has 1 N–H and O–H groups in total. The molecule has 0 aliphatic heterocycles. The Bertz CT molecular complexity index is 1030. The van der Waals surface area contributed by atoms with Crippen molar-refractivity contribution in [2.75, 3.05) is 0 Å². The molecule has 2 nitrogen and oxygen atoms in total. The lowest BCUT2D eigenvalue weighted by atomic mass is 10.0. The van der Waals surface area contributed by atoms with E-state index in [2.05, 4.69) is 41.1 Å². The van der Waals surface area contributed by atoms with Gasteiger partial charge in [-0.3, -0.25) is 4.90 Å². The minimum absolute atomic E-state index is 0.181. The zero-order valence-corrected chi connectivity index (χ0v) is 16.4. The first-order valence-corrected chi connectivity index (χ1v) is 9.87. The van der Waals surface area contributed by atoms with Crippen LogP contribution in [-0.2, 0) is 19.5 Å². The second-order valence-electron chi connectivity index (χ2n) is 7.55. The van der Waals surface area contributed by atoms with Gasteiger partial charge in [-0.1, -0.05) is 60.7 Å². The molecule has 0 aliphatic rings. The largest absolute Gasteiger partial charge is 0.359 e. The lowest BCUT2D eigenvalue weighted by Gasteiger charge is -2.29. The molecule has 0 radical (unpaired) electrons. The van der Waals surface area contributed by atoms with Crippen LogP contribution in [0.4, 0.5) is 8.78 Å². The molecule has 4 heteroatoms. The third kappa shape index (κ3) is 4.54. The van der Waals surface area contributed by atoms with Crippen molar-refractivity contribution < 1.29 is 8.78 Å². The number of hydrogen-bond donors (Lipinski definition) is 1. The van der Waals surface area contributed by atoms with E-state index in [1.807, 2.05) is 36.4 Å². The summed E-state index contributed by atoms with van der Waals surface area (Å²) >= 11 is 0. The van der Waals surface area contributed by atoms with Crippen LogP contribution in [0.1, 0.15) is 23.6 Å². The van der Waals surface area contributed by atoms with Crippen molar-refractivity contribution in [3.8, 4) is 0 Å². The van der Waals surface area contributed by atoms with E-state index >= 15 is 0 Å². The second kappa shape index (κ2) is 8.58. The van der Waals surface area contributed by atoms with Crippen LogP contribution in [0.5, 0.6) is 0 Å². The van der Waals surface area contributed by atoms with Gasteiger partial charge in [0.25, 0.3) is 0 Å². The minimum atomic E-state index is -0.552. The molecule has 0 spiro atoms. The summed E-state index contributed by atoms with van der Waals surface area (Å²) in [7, 11) is 0. The summed E-state index contributed by atoms with van der Waals surface area (Å²) in [5, 5.41) is 0.619. The molecule has 0 bridgehead atoms. The second-order valence-corrected chi connectivity index (χ2v) is 7.55. The average molecular weight is 390 g/mol. The van der Waals surface area contributed by atoms with Crippen LogP contribution in [0.15, 0.2) is 79.0 Å². The van der Waals surface area contributed by atoms with Crippen molar-refractivity contribution >= 4 is 10.9 Å². The SMILES string of the molecule is C[C@@H](Cc1c[nH]c2c(F)cc(F)cc12)N(Cc1ccccc1)Cc1ccccc1. The monoisotopic (exact) mass is 390 g/mol. The van der Waals surface area contributed by atoms with E-state index in [1.165, 1.54) is 17.2 Å². The number of H-pyrrole nitrogens is 1. The number of hydrogen-bond acceptors (Lipinski definition) is 1. The van der Waals surface area contributed by atoms with Gasteiger partial charge in [0.2, 0.25) is 0 Å². The Kier molecular flexibility index (Phi) is 5.72. The number of halogens is 2. The molecule has 0 saturated carbocycles. The van der Waals surface area contributed by atoms with Crippen molar-refractivity contribution in [2.45, 2.75) is 32.5 Å². The smallest absolute Gasteiger partial charge is 0.150 e. The maximum atomic E-state index is 14.0. The lowest BCUT2D eigenvalue weighted by molar-refractivity contribution is 0.189. The molecule has 1 aromatic heterocycles. The van der Waals surface area contributed by atoms with Crippen LogP contribution in [0.25, 0.3) is 10.9 Å². The number of aromatic nitrogens is 1. The average Bonchev–Trinajstić information content (AvgIpc) is 3.12. The summed E-state index contributed by atoms with van der Waals surface area (Å²) in [6, 6.07) is 23.2. The lowest BCUT2D eigenvalue weighted by Crippen LogP contribution is -2.33. The summed E-state index contributed by atoms with van der Waals surface area (Å²) < 4.78 is 27.8. The van der Waals surface area contributed by atoms with Crippen LogP contribution in [0, 0.1) is 11.6 Å². The summed E-state index contributed by atoms with van der Waals surface area (Å²) in [5.74, 6) is -1.10. The summed E-state index contributed by atoms with van der Waals surface area (Å²) in [4.78, 5) is 5.37. The van der Waals surface area contributed by atoms with Crippen LogP contribution in [0.3, 0.4) is 0 Å². The predicted octanol–water partition coefficient (Wildman–Crippen LogP) is 6.08. The first-order chi connectivity index (χ1) is 14.1. The number of rotatable bonds is 7.